The zero-order valence-corrected chi connectivity index (χ0v) is 52.0. The summed E-state index contributed by atoms with van der Waals surface area (Å²) in [6, 6.07) is 124. The molecular formula is C90H56N6. The molecule has 6 heteroatoms. The smallest absolute Gasteiger partial charge is 0.160 e. The van der Waals surface area contributed by atoms with Crippen LogP contribution in [0.5, 0.6) is 0 Å². The van der Waals surface area contributed by atoms with Gasteiger partial charge in [-0.15, -0.1) is 0 Å². The van der Waals surface area contributed by atoms with Crippen molar-refractivity contribution in [1.29, 1.82) is 0 Å². The lowest BCUT2D eigenvalue weighted by Gasteiger charge is -2.17. The molecule has 0 N–H and O–H groups in total. The first-order valence-corrected chi connectivity index (χ1v) is 32.9. The average molecular weight is 1220 g/mol. The van der Waals surface area contributed by atoms with E-state index in [1.807, 2.05) is 0 Å². The van der Waals surface area contributed by atoms with Gasteiger partial charge in [0.25, 0.3) is 0 Å². The molecule has 96 heavy (non-hydrogen) atoms. The van der Waals surface area contributed by atoms with Crippen LogP contribution in [-0.2, 0) is 0 Å². The second-order valence-corrected chi connectivity index (χ2v) is 25.3. The fourth-order valence-corrected chi connectivity index (χ4v) is 15.5. The summed E-state index contributed by atoms with van der Waals surface area (Å²) < 4.78 is 9.67. The van der Waals surface area contributed by atoms with Gasteiger partial charge in [0.2, 0.25) is 0 Å². The molecule has 0 saturated carbocycles. The van der Waals surface area contributed by atoms with Gasteiger partial charge in [0.1, 0.15) is 0 Å². The van der Waals surface area contributed by atoms with E-state index in [9.17, 15) is 0 Å². The van der Waals surface area contributed by atoms with E-state index in [0.29, 0.717) is 5.82 Å². The van der Waals surface area contributed by atoms with Crippen molar-refractivity contribution in [2.24, 2.45) is 0 Å². The molecule has 5 heterocycles. The summed E-state index contributed by atoms with van der Waals surface area (Å²) in [5.74, 6) is 0.642. The molecule has 0 aliphatic carbocycles. The molecule has 0 spiro atoms. The number of fused-ring (bicyclic) bond motifs is 15. The molecule has 0 atom stereocenters. The molecule has 446 valence electrons. The Morgan fingerprint density at radius 2 is 0.510 bits per heavy atom. The maximum Gasteiger partial charge on any atom is 0.160 e. The van der Waals surface area contributed by atoms with Gasteiger partial charge >= 0.3 is 0 Å². The number of nitrogens with zero attached hydrogens (tertiary/aromatic N) is 6. The molecule has 0 aliphatic rings. The first kappa shape index (κ1) is 53.7. The van der Waals surface area contributed by atoms with E-state index in [-0.39, 0.29) is 0 Å². The Labute approximate surface area is 552 Å². The Hall–Kier alpha value is -12.9. The molecular weight excluding hydrogens is 1170 g/mol. The number of aromatic nitrogens is 6. The highest BCUT2D eigenvalue weighted by Crippen LogP contribution is 2.44. The number of para-hydroxylation sites is 6. The van der Waals surface area contributed by atoms with Gasteiger partial charge in [0, 0.05) is 87.7 Å². The van der Waals surface area contributed by atoms with Crippen molar-refractivity contribution < 1.29 is 0 Å². The van der Waals surface area contributed by atoms with Gasteiger partial charge in [-0.05, 0) is 160 Å². The summed E-state index contributed by atoms with van der Waals surface area (Å²) >= 11 is 0. The van der Waals surface area contributed by atoms with Crippen molar-refractivity contribution in [2.45, 2.75) is 0 Å². The van der Waals surface area contributed by atoms with Gasteiger partial charge < -0.3 is 18.3 Å². The highest BCUT2D eigenvalue weighted by molar-refractivity contribution is 6.16. The second kappa shape index (κ2) is 21.3. The van der Waals surface area contributed by atoms with Crippen molar-refractivity contribution in [3.8, 4) is 78.8 Å². The van der Waals surface area contributed by atoms with E-state index in [0.717, 1.165) is 100 Å². The van der Waals surface area contributed by atoms with Crippen LogP contribution < -0.4 is 0 Å². The largest absolute Gasteiger partial charge is 0.309 e. The second-order valence-electron chi connectivity index (χ2n) is 25.3. The van der Waals surface area contributed by atoms with Crippen molar-refractivity contribution in [3.63, 3.8) is 0 Å². The van der Waals surface area contributed by atoms with Gasteiger partial charge in [-0.2, -0.15) is 0 Å². The van der Waals surface area contributed by atoms with Crippen LogP contribution in [0.3, 0.4) is 0 Å². The Morgan fingerprint density at radius 3 is 0.948 bits per heavy atom. The molecule has 0 saturated heterocycles. The number of benzene rings is 15. The molecule has 0 aliphatic heterocycles. The van der Waals surface area contributed by atoms with E-state index < -0.39 is 0 Å². The predicted octanol–water partition coefficient (Wildman–Crippen LogP) is 23.5. The molecule has 15 aromatic carbocycles. The van der Waals surface area contributed by atoms with Crippen LogP contribution in [0.2, 0.25) is 0 Å². The van der Waals surface area contributed by atoms with Gasteiger partial charge in [-0.1, -0.05) is 218 Å². The third-order valence-corrected chi connectivity index (χ3v) is 19.9. The number of hydrogen-bond acceptors (Lipinski definition) is 2. The first-order chi connectivity index (χ1) is 47.6. The zero-order chi connectivity index (χ0) is 63.0. The lowest BCUT2D eigenvalue weighted by Crippen LogP contribution is -2.02. The first-order valence-electron chi connectivity index (χ1n) is 32.9. The lowest BCUT2D eigenvalue weighted by molar-refractivity contribution is 1.13. The fourth-order valence-electron chi connectivity index (χ4n) is 15.5. The normalized spacial score (nSPS) is 12.0. The summed E-state index contributed by atoms with van der Waals surface area (Å²) in [6.07, 6.45) is 0. The van der Waals surface area contributed by atoms with Crippen LogP contribution >= 0.6 is 0 Å². The Balaban J connectivity index is 0.803. The van der Waals surface area contributed by atoms with Gasteiger partial charge in [0.15, 0.2) is 5.82 Å². The van der Waals surface area contributed by atoms with E-state index in [1.165, 1.54) is 81.8 Å². The molecule has 20 aromatic rings. The quantitative estimate of drug-likeness (QED) is 0.135. The summed E-state index contributed by atoms with van der Waals surface area (Å²) in [6.45, 7) is 0. The summed E-state index contributed by atoms with van der Waals surface area (Å²) in [5.41, 5.74) is 24.1. The fraction of sp³-hybridized carbons (Fsp3) is 0. The Bertz CT molecular complexity index is 6260. The van der Waals surface area contributed by atoms with Crippen molar-refractivity contribution in [2.75, 3.05) is 0 Å². The molecule has 0 unspecified atom stereocenters. The minimum atomic E-state index is 0.642. The van der Waals surface area contributed by atoms with Crippen LogP contribution in [0.4, 0.5) is 0 Å². The van der Waals surface area contributed by atoms with Crippen LogP contribution in [0, 0.1) is 0 Å². The maximum absolute atomic E-state index is 5.72. The monoisotopic (exact) mass is 1220 g/mol. The van der Waals surface area contributed by atoms with Crippen molar-refractivity contribution in [3.05, 3.63) is 340 Å². The van der Waals surface area contributed by atoms with Crippen LogP contribution in [0.25, 0.3) is 188 Å². The highest BCUT2D eigenvalue weighted by atomic mass is 15.0. The third kappa shape index (κ3) is 8.39. The van der Waals surface area contributed by atoms with E-state index in [4.69, 9.17) is 9.97 Å². The lowest BCUT2D eigenvalue weighted by atomic mass is 9.99. The molecule has 20 rings (SSSR count). The molecule has 0 fully saturated rings. The van der Waals surface area contributed by atoms with Gasteiger partial charge in [-0.3, -0.25) is 0 Å². The highest BCUT2D eigenvalue weighted by Gasteiger charge is 2.23. The maximum atomic E-state index is 5.72. The zero-order valence-electron chi connectivity index (χ0n) is 52.0. The standard InChI is InChI=1S/C90H56N6/c1-4-20-57(21-5-1)58-36-38-60(39-37-58)88-75-45-40-59-22-10-11-27-70(59)89(75)92-90(91-88)65-50-68(95-82-34-18-14-30-73(82)78-54-63(43-48-86(78)95)61-41-46-84-76(52-61)71-28-12-16-32-80(71)93(84)66-23-6-2-7-24-66)56-69(51-65)96-83-35-19-15-31-74(83)79-55-64(44-49-87(79)96)62-42-47-85-77(53-62)72-29-13-17-33-81(72)94(85)67-25-8-3-9-26-67/h1-56H. The van der Waals surface area contributed by atoms with E-state index in [1.54, 1.807) is 0 Å². The molecule has 0 amide bonds. The van der Waals surface area contributed by atoms with E-state index >= 15 is 0 Å². The average Bonchev–Trinajstić information content (AvgIpc) is 1.45. The SMILES string of the molecule is c1ccc(-c2ccc(-c3nc(-c4cc(-n5c6ccccc6c6cc(-c7ccc8c(c7)c7ccccc7n8-c7ccccc7)ccc65)cc(-n5c6ccccc6c6cc(-c7ccc8c(c7)c7ccccc7n8-c7ccccc7)ccc65)c4)nc4c3ccc3ccccc34)cc2)cc1. The summed E-state index contributed by atoms with van der Waals surface area (Å²) in [4.78, 5) is 11.4. The molecule has 6 nitrogen and oxygen atoms in total. The van der Waals surface area contributed by atoms with Gasteiger partial charge in [-0.25, -0.2) is 9.97 Å². The molecule has 5 aromatic heterocycles. The molecule has 0 bridgehead atoms. The number of rotatable bonds is 9. The van der Waals surface area contributed by atoms with Crippen LogP contribution in [0.1, 0.15) is 0 Å². The Kier molecular flexibility index (Phi) is 11.9. The predicted molar refractivity (Wildman–Crippen MR) is 402 cm³/mol. The topological polar surface area (TPSA) is 45.5 Å². The summed E-state index contributed by atoms with van der Waals surface area (Å²) in [5, 5.41) is 12.8. The van der Waals surface area contributed by atoms with Crippen LogP contribution in [0.15, 0.2) is 340 Å². The van der Waals surface area contributed by atoms with Gasteiger partial charge in [0.05, 0.1) is 55.3 Å². The number of hydrogen-bond donors (Lipinski definition) is 0. The van der Waals surface area contributed by atoms with E-state index in [2.05, 4.69) is 358 Å². The Morgan fingerprint density at radius 1 is 0.177 bits per heavy atom. The summed E-state index contributed by atoms with van der Waals surface area (Å²) in [7, 11) is 0. The van der Waals surface area contributed by atoms with Crippen molar-refractivity contribution >= 4 is 109 Å². The van der Waals surface area contributed by atoms with Crippen LogP contribution in [-0.4, -0.2) is 28.2 Å². The molecule has 0 radical (unpaired) electrons. The minimum Gasteiger partial charge on any atom is -0.309 e. The third-order valence-electron chi connectivity index (χ3n) is 19.9. The van der Waals surface area contributed by atoms with Crippen molar-refractivity contribution in [1.82, 2.24) is 28.2 Å². The minimum absolute atomic E-state index is 0.642.